The third kappa shape index (κ3) is 6.26. The molecule has 0 radical (unpaired) electrons. The van der Waals surface area contributed by atoms with Crippen molar-refractivity contribution in [1.29, 1.82) is 0 Å². The molecule has 4 nitrogen and oxygen atoms in total. The van der Waals surface area contributed by atoms with E-state index in [1.165, 1.54) is 15.4 Å². The minimum Gasteiger partial charge on any atom is -0.497 e. The Morgan fingerprint density at radius 2 is 1.96 bits per heavy atom. The largest absolute Gasteiger partial charge is 0.497 e. The summed E-state index contributed by atoms with van der Waals surface area (Å²) in [5.74, 6) is 1.74. The van der Waals surface area contributed by atoms with Gasteiger partial charge in [-0.25, -0.2) is 0 Å². The molecule has 1 unspecified atom stereocenters. The Morgan fingerprint density at radius 1 is 1.21 bits per heavy atom. The van der Waals surface area contributed by atoms with Crippen molar-refractivity contribution in [2.24, 2.45) is 0 Å². The van der Waals surface area contributed by atoms with E-state index in [-0.39, 0.29) is 5.91 Å². The summed E-state index contributed by atoms with van der Waals surface area (Å²) in [6.45, 7) is 3.48. The van der Waals surface area contributed by atoms with Gasteiger partial charge >= 0.3 is 0 Å². The van der Waals surface area contributed by atoms with Crippen molar-refractivity contribution in [3.05, 3.63) is 54.1 Å². The second-order valence-electron chi connectivity index (χ2n) is 5.83. The number of hydrogen-bond acceptors (Lipinski definition) is 3. The topological polar surface area (TPSA) is 42.8 Å². The van der Waals surface area contributed by atoms with E-state index in [0.717, 1.165) is 23.7 Å². The maximum atomic E-state index is 12.1. The highest BCUT2D eigenvalue weighted by atomic mass is 32.2. The highest BCUT2D eigenvalue weighted by Gasteiger charge is 2.10. The number of likely N-dealkylation sites (N-methyl/N-ethyl adjacent to an activating group) is 1. The standard InChI is InChI=1S/C19H24N2O2S/c1-15-7-9-18(10-8-15)24-12-11-21(2)14-19(22)20-16-5-4-6-17(13-16)23-3/h4-10,13H,11-12,14H2,1-3H3,(H,20,22)/p+1. The molecule has 2 aromatic rings. The number of anilines is 1. The van der Waals surface area contributed by atoms with E-state index in [4.69, 9.17) is 4.74 Å². The van der Waals surface area contributed by atoms with E-state index < -0.39 is 0 Å². The van der Waals surface area contributed by atoms with Crippen LogP contribution in [0, 0.1) is 6.92 Å². The number of nitrogens with one attached hydrogen (secondary N) is 2. The predicted octanol–water partition coefficient (Wildman–Crippen LogP) is 2.25. The second kappa shape index (κ2) is 9.35. The smallest absolute Gasteiger partial charge is 0.279 e. The van der Waals surface area contributed by atoms with Gasteiger partial charge in [-0.3, -0.25) is 4.79 Å². The van der Waals surface area contributed by atoms with Crippen LogP contribution >= 0.6 is 11.8 Å². The highest BCUT2D eigenvalue weighted by molar-refractivity contribution is 7.99. The summed E-state index contributed by atoms with van der Waals surface area (Å²) in [4.78, 5) is 14.6. The molecule has 0 saturated carbocycles. The zero-order valence-electron chi connectivity index (χ0n) is 14.5. The summed E-state index contributed by atoms with van der Waals surface area (Å²) in [7, 11) is 3.66. The quantitative estimate of drug-likeness (QED) is 0.721. The maximum absolute atomic E-state index is 12.1. The summed E-state index contributed by atoms with van der Waals surface area (Å²) in [5.41, 5.74) is 2.04. The van der Waals surface area contributed by atoms with Crippen LogP contribution in [0.5, 0.6) is 5.75 Å². The van der Waals surface area contributed by atoms with Crippen LogP contribution < -0.4 is 15.0 Å². The monoisotopic (exact) mass is 345 g/mol. The summed E-state index contributed by atoms with van der Waals surface area (Å²) in [5, 5.41) is 2.92. The van der Waals surface area contributed by atoms with Crippen LogP contribution in [0.4, 0.5) is 5.69 Å². The number of benzene rings is 2. The first-order valence-electron chi connectivity index (χ1n) is 8.01. The number of rotatable bonds is 8. The van der Waals surface area contributed by atoms with Crippen LogP contribution in [-0.4, -0.2) is 38.9 Å². The summed E-state index contributed by atoms with van der Waals surface area (Å²) < 4.78 is 5.16. The number of amides is 1. The van der Waals surface area contributed by atoms with Crippen LogP contribution in [0.2, 0.25) is 0 Å². The van der Waals surface area contributed by atoms with E-state index in [1.54, 1.807) is 7.11 Å². The molecule has 0 aliphatic rings. The SMILES string of the molecule is COc1cccc(NC(=O)C[NH+](C)CCSc2ccc(C)cc2)c1. The van der Waals surface area contributed by atoms with Gasteiger partial charge in [-0.1, -0.05) is 23.8 Å². The molecule has 1 atom stereocenters. The third-order valence-electron chi connectivity index (χ3n) is 3.63. The van der Waals surface area contributed by atoms with Gasteiger partial charge in [-0.15, -0.1) is 11.8 Å². The van der Waals surface area contributed by atoms with Crippen LogP contribution in [0.1, 0.15) is 5.56 Å². The second-order valence-corrected chi connectivity index (χ2v) is 6.99. The van der Waals surface area contributed by atoms with Crippen molar-refractivity contribution in [2.45, 2.75) is 11.8 Å². The van der Waals surface area contributed by atoms with Gasteiger partial charge in [0, 0.05) is 22.4 Å². The minimum absolute atomic E-state index is 0.0149. The van der Waals surface area contributed by atoms with E-state index in [2.05, 4.69) is 36.5 Å². The third-order valence-corrected chi connectivity index (χ3v) is 4.65. The first-order valence-corrected chi connectivity index (χ1v) is 9.00. The number of ether oxygens (including phenoxy) is 1. The van der Waals surface area contributed by atoms with Crippen molar-refractivity contribution < 1.29 is 14.4 Å². The Hall–Kier alpha value is -1.98. The lowest BCUT2D eigenvalue weighted by Gasteiger charge is -2.14. The number of methoxy groups -OCH3 is 1. The number of hydrogen-bond donors (Lipinski definition) is 2. The van der Waals surface area contributed by atoms with Crippen molar-refractivity contribution in [3.63, 3.8) is 0 Å². The molecule has 0 aliphatic heterocycles. The van der Waals surface area contributed by atoms with Crippen molar-refractivity contribution in [1.82, 2.24) is 0 Å². The number of quaternary nitrogens is 1. The van der Waals surface area contributed by atoms with Gasteiger partial charge in [0.2, 0.25) is 0 Å². The van der Waals surface area contributed by atoms with E-state index in [0.29, 0.717) is 6.54 Å². The van der Waals surface area contributed by atoms with Gasteiger partial charge in [-0.2, -0.15) is 0 Å². The van der Waals surface area contributed by atoms with Gasteiger partial charge in [0.1, 0.15) is 5.75 Å². The van der Waals surface area contributed by atoms with Crippen molar-refractivity contribution >= 4 is 23.4 Å². The van der Waals surface area contributed by atoms with Gasteiger partial charge in [-0.05, 0) is 31.2 Å². The molecular weight excluding hydrogens is 320 g/mol. The van der Waals surface area contributed by atoms with Gasteiger partial charge in [0.05, 0.1) is 20.7 Å². The van der Waals surface area contributed by atoms with Crippen LogP contribution in [0.15, 0.2) is 53.4 Å². The fourth-order valence-electron chi connectivity index (χ4n) is 2.25. The zero-order valence-corrected chi connectivity index (χ0v) is 15.3. The molecule has 2 N–H and O–H groups in total. The Bertz CT molecular complexity index is 659. The fourth-order valence-corrected chi connectivity index (χ4v) is 3.26. The maximum Gasteiger partial charge on any atom is 0.279 e. The Labute approximate surface area is 148 Å². The summed E-state index contributed by atoms with van der Waals surface area (Å²) in [6, 6.07) is 15.9. The zero-order chi connectivity index (χ0) is 17.4. The Kier molecular flexibility index (Phi) is 7.15. The lowest BCUT2D eigenvalue weighted by molar-refractivity contribution is -0.868. The number of thioether (sulfide) groups is 1. The lowest BCUT2D eigenvalue weighted by Crippen LogP contribution is -3.10. The lowest BCUT2D eigenvalue weighted by atomic mass is 10.2. The number of carbonyl (C=O) groups excluding carboxylic acids is 1. The van der Waals surface area contributed by atoms with Gasteiger partial charge in [0.15, 0.2) is 6.54 Å². The van der Waals surface area contributed by atoms with E-state index in [9.17, 15) is 4.79 Å². The molecule has 1 amide bonds. The molecule has 24 heavy (non-hydrogen) atoms. The molecule has 0 aliphatic carbocycles. The predicted molar refractivity (Wildman–Crippen MR) is 100 cm³/mol. The number of carbonyl (C=O) groups is 1. The molecule has 2 aromatic carbocycles. The van der Waals surface area contributed by atoms with Crippen molar-refractivity contribution in [3.8, 4) is 5.75 Å². The molecule has 0 aromatic heterocycles. The van der Waals surface area contributed by atoms with Gasteiger partial charge in [0.25, 0.3) is 5.91 Å². The molecule has 128 valence electrons. The first-order chi connectivity index (χ1) is 11.6. The fraction of sp³-hybridized carbons (Fsp3) is 0.316. The summed E-state index contributed by atoms with van der Waals surface area (Å²) >= 11 is 1.82. The van der Waals surface area contributed by atoms with Crippen molar-refractivity contribution in [2.75, 3.05) is 38.3 Å². The van der Waals surface area contributed by atoms with Crippen LogP contribution in [0.25, 0.3) is 0 Å². The van der Waals surface area contributed by atoms with Crippen LogP contribution in [-0.2, 0) is 4.79 Å². The molecule has 0 saturated heterocycles. The molecular formula is C19H25N2O2S+. The molecule has 5 heteroatoms. The highest BCUT2D eigenvalue weighted by Crippen LogP contribution is 2.17. The average molecular weight is 345 g/mol. The number of aryl methyl sites for hydroxylation is 1. The minimum atomic E-state index is 0.0149. The molecule has 0 heterocycles. The van der Waals surface area contributed by atoms with E-state index >= 15 is 0 Å². The molecule has 0 fully saturated rings. The normalized spacial score (nSPS) is 11.8. The van der Waals surface area contributed by atoms with Gasteiger partial charge < -0.3 is 15.0 Å². The molecule has 2 rings (SSSR count). The Balaban J connectivity index is 1.72. The molecule has 0 spiro atoms. The average Bonchev–Trinajstić information content (AvgIpc) is 2.56. The Morgan fingerprint density at radius 3 is 2.67 bits per heavy atom. The summed E-state index contributed by atoms with van der Waals surface area (Å²) in [6.07, 6.45) is 0. The molecule has 0 bridgehead atoms. The first kappa shape index (κ1) is 18.4. The van der Waals surface area contributed by atoms with Crippen LogP contribution in [0.3, 0.4) is 0 Å². The van der Waals surface area contributed by atoms with E-state index in [1.807, 2.05) is 43.1 Å².